The Hall–Kier alpha value is -1.55. The van der Waals surface area contributed by atoms with Crippen molar-refractivity contribution in [3.05, 3.63) is 29.8 Å². The summed E-state index contributed by atoms with van der Waals surface area (Å²) in [5, 5.41) is 12.0. The average Bonchev–Trinajstić information content (AvgIpc) is 2.71. The third kappa shape index (κ3) is 2.47. The molecule has 1 heterocycles. The standard InChI is InChI=1S/C11H13NO3/c13-11(14)8-2-1-3-9(6-8)15-10-4-5-12-7-10/h1-3,6,10,12H,4-5,7H2,(H,13,14). The van der Waals surface area contributed by atoms with Crippen LogP contribution in [0.4, 0.5) is 0 Å². The minimum atomic E-state index is -0.926. The van der Waals surface area contributed by atoms with Gasteiger partial charge in [-0.15, -0.1) is 0 Å². The van der Waals surface area contributed by atoms with Crippen molar-refractivity contribution in [1.29, 1.82) is 0 Å². The molecule has 0 radical (unpaired) electrons. The van der Waals surface area contributed by atoms with Gasteiger partial charge in [-0.1, -0.05) is 6.07 Å². The largest absolute Gasteiger partial charge is 0.489 e. The minimum Gasteiger partial charge on any atom is -0.489 e. The molecule has 0 aliphatic carbocycles. The Labute approximate surface area is 87.9 Å². The molecule has 1 unspecified atom stereocenters. The topological polar surface area (TPSA) is 58.6 Å². The highest BCUT2D eigenvalue weighted by atomic mass is 16.5. The summed E-state index contributed by atoms with van der Waals surface area (Å²) in [6.07, 6.45) is 1.13. The molecule has 15 heavy (non-hydrogen) atoms. The van der Waals surface area contributed by atoms with Crippen molar-refractivity contribution in [2.75, 3.05) is 13.1 Å². The molecule has 4 heteroatoms. The molecular weight excluding hydrogens is 194 g/mol. The van der Waals surface area contributed by atoms with Crippen molar-refractivity contribution in [2.45, 2.75) is 12.5 Å². The zero-order chi connectivity index (χ0) is 10.7. The van der Waals surface area contributed by atoms with Gasteiger partial charge in [-0.2, -0.15) is 0 Å². The summed E-state index contributed by atoms with van der Waals surface area (Å²) in [7, 11) is 0. The highest BCUT2D eigenvalue weighted by Crippen LogP contribution is 2.16. The number of hydrogen-bond donors (Lipinski definition) is 2. The molecule has 1 atom stereocenters. The molecule has 1 aromatic carbocycles. The van der Waals surface area contributed by atoms with E-state index < -0.39 is 5.97 Å². The third-order valence-electron chi connectivity index (χ3n) is 2.40. The highest BCUT2D eigenvalue weighted by molar-refractivity contribution is 5.87. The monoisotopic (exact) mass is 207 g/mol. The van der Waals surface area contributed by atoms with Gasteiger partial charge in [0, 0.05) is 6.54 Å². The smallest absolute Gasteiger partial charge is 0.335 e. The van der Waals surface area contributed by atoms with Crippen LogP contribution in [0.25, 0.3) is 0 Å². The number of rotatable bonds is 3. The van der Waals surface area contributed by atoms with Crippen molar-refractivity contribution in [3.8, 4) is 5.75 Å². The number of benzene rings is 1. The molecule has 0 aromatic heterocycles. The summed E-state index contributed by atoms with van der Waals surface area (Å²) in [6.45, 7) is 1.79. The molecule has 0 spiro atoms. The molecule has 80 valence electrons. The first-order valence-electron chi connectivity index (χ1n) is 4.96. The molecule has 4 nitrogen and oxygen atoms in total. The highest BCUT2D eigenvalue weighted by Gasteiger charge is 2.16. The van der Waals surface area contributed by atoms with Crippen LogP contribution in [0.1, 0.15) is 16.8 Å². The SMILES string of the molecule is O=C(O)c1cccc(OC2CCNC2)c1. The first kappa shape index (κ1) is 9.98. The van der Waals surface area contributed by atoms with Crippen molar-refractivity contribution in [1.82, 2.24) is 5.32 Å². The molecular formula is C11H13NO3. The molecule has 0 saturated carbocycles. The zero-order valence-electron chi connectivity index (χ0n) is 8.27. The number of nitrogens with one attached hydrogen (secondary N) is 1. The Morgan fingerprint density at radius 3 is 3.07 bits per heavy atom. The summed E-state index contributed by atoms with van der Waals surface area (Å²) in [5.41, 5.74) is 0.262. The van der Waals surface area contributed by atoms with Crippen molar-refractivity contribution in [3.63, 3.8) is 0 Å². The molecule has 1 fully saturated rings. The number of carboxylic acid groups (broad SMARTS) is 1. The number of carbonyl (C=O) groups is 1. The Kier molecular flexibility index (Phi) is 2.87. The number of hydrogen-bond acceptors (Lipinski definition) is 3. The van der Waals surface area contributed by atoms with Crippen LogP contribution in [0.2, 0.25) is 0 Å². The fourth-order valence-corrected chi connectivity index (χ4v) is 1.62. The van der Waals surface area contributed by atoms with Crippen LogP contribution in [0, 0.1) is 0 Å². The second-order valence-corrected chi connectivity index (χ2v) is 3.57. The molecule has 1 aliphatic heterocycles. The van der Waals surface area contributed by atoms with Gasteiger partial charge in [-0.3, -0.25) is 0 Å². The van der Waals surface area contributed by atoms with Crippen LogP contribution >= 0.6 is 0 Å². The van der Waals surface area contributed by atoms with Gasteiger partial charge in [-0.25, -0.2) is 4.79 Å². The van der Waals surface area contributed by atoms with Crippen molar-refractivity contribution >= 4 is 5.97 Å². The third-order valence-corrected chi connectivity index (χ3v) is 2.40. The second kappa shape index (κ2) is 4.31. The maximum atomic E-state index is 10.7. The first-order chi connectivity index (χ1) is 7.25. The van der Waals surface area contributed by atoms with Crippen molar-refractivity contribution in [2.24, 2.45) is 0 Å². The van der Waals surface area contributed by atoms with Crippen LogP contribution in [0.5, 0.6) is 5.75 Å². The Morgan fingerprint density at radius 1 is 1.53 bits per heavy atom. The molecule has 2 rings (SSSR count). The Morgan fingerprint density at radius 2 is 2.40 bits per heavy atom. The zero-order valence-corrected chi connectivity index (χ0v) is 8.27. The van der Waals surface area contributed by atoms with Gasteiger partial charge in [0.1, 0.15) is 11.9 Å². The predicted octanol–water partition coefficient (Wildman–Crippen LogP) is 1.13. The summed E-state index contributed by atoms with van der Waals surface area (Å²) in [6, 6.07) is 6.59. The fraction of sp³-hybridized carbons (Fsp3) is 0.364. The van der Waals surface area contributed by atoms with E-state index in [0.717, 1.165) is 19.5 Å². The maximum absolute atomic E-state index is 10.7. The Balaban J connectivity index is 2.07. The number of ether oxygens (including phenoxy) is 1. The predicted molar refractivity (Wildman–Crippen MR) is 55.3 cm³/mol. The Bertz CT molecular complexity index is 359. The lowest BCUT2D eigenvalue weighted by Gasteiger charge is -2.12. The minimum absolute atomic E-state index is 0.161. The van der Waals surface area contributed by atoms with E-state index in [1.54, 1.807) is 24.3 Å². The average molecular weight is 207 g/mol. The molecule has 0 bridgehead atoms. The summed E-state index contributed by atoms with van der Waals surface area (Å²) in [5.74, 6) is -0.298. The molecule has 1 saturated heterocycles. The van der Waals surface area contributed by atoms with E-state index in [2.05, 4.69) is 5.32 Å². The van der Waals surface area contributed by atoms with Gasteiger partial charge >= 0.3 is 5.97 Å². The van der Waals surface area contributed by atoms with Gasteiger partial charge in [0.2, 0.25) is 0 Å². The van der Waals surface area contributed by atoms with Gasteiger partial charge in [0.25, 0.3) is 0 Å². The van der Waals surface area contributed by atoms with E-state index in [0.29, 0.717) is 5.75 Å². The summed E-state index contributed by atoms with van der Waals surface area (Å²) < 4.78 is 5.64. The van der Waals surface area contributed by atoms with E-state index in [9.17, 15) is 4.79 Å². The van der Waals surface area contributed by atoms with Crippen molar-refractivity contribution < 1.29 is 14.6 Å². The molecule has 1 aliphatic rings. The van der Waals surface area contributed by atoms with E-state index in [1.807, 2.05) is 0 Å². The van der Waals surface area contributed by atoms with E-state index in [4.69, 9.17) is 9.84 Å². The van der Waals surface area contributed by atoms with Crippen LogP contribution in [0.15, 0.2) is 24.3 Å². The maximum Gasteiger partial charge on any atom is 0.335 e. The fourth-order valence-electron chi connectivity index (χ4n) is 1.62. The normalized spacial score (nSPS) is 20.1. The summed E-state index contributed by atoms with van der Waals surface area (Å²) in [4.78, 5) is 10.7. The summed E-state index contributed by atoms with van der Waals surface area (Å²) >= 11 is 0. The van der Waals surface area contributed by atoms with E-state index >= 15 is 0 Å². The van der Waals surface area contributed by atoms with Gasteiger partial charge in [-0.05, 0) is 31.2 Å². The van der Waals surface area contributed by atoms with Gasteiger partial charge in [0.15, 0.2) is 0 Å². The first-order valence-corrected chi connectivity index (χ1v) is 4.96. The lowest BCUT2D eigenvalue weighted by molar-refractivity contribution is 0.0696. The van der Waals surface area contributed by atoms with Gasteiger partial charge in [0.05, 0.1) is 5.56 Å². The lowest BCUT2D eigenvalue weighted by atomic mass is 10.2. The molecule has 0 amide bonds. The van der Waals surface area contributed by atoms with Crippen LogP contribution in [0.3, 0.4) is 0 Å². The lowest BCUT2D eigenvalue weighted by Crippen LogP contribution is -2.19. The number of carboxylic acids is 1. The van der Waals surface area contributed by atoms with Crippen LogP contribution in [-0.4, -0.2) is 30.3 Å². The molecule has 1 aromatic rings. The van der Waals surface area contributed by atoms with E-state index in [-0.39, 0.29) is 11.7 Å². The van der Waals surface area contributed by atoms with Crippen LogP contribution < -0.4 is 10.1 Å². The van der Waals surface area contributed by atoms with E-state index in [1.165, 1.54) is 0 Å². The second-order valence-electron chi connectivity index (χ2n) is 3.57. The molecule has 2 N–H and O–H groups in total. The quantitative estimate of drug-likeness (QED) is 0.780. The van der Waals surface area contributed by atoms with Crippen LogP contribution in [-0.2, 0) is 0 Å². The van der Waals surface area contributed by atoms with Gasteiger partial charge < -0.3 is 15.2 Å². The number of aromatic carboxylic acids is 1.